The third-order valence-corrected chi connectivity index (χ3v) is 2.04. The van der Waals surface area contributed by atoms with E-state index in [9.17, 15) is 9.59 Å². The highest BCUT2D eigenvalue weighted by atomic mass is 16.5. The SMILES string of the molecule is CC(O)COC(C)CO.CCCOC(CC(=O)O)C(=O)O. The van der Waals surface area contributed by atoms with Crippen LogP contribution in [0.25, 0.3) is 0 Å². The van der Waals surface area contributed by atoms with Crippen LogP contribution in [0.15, 0.2) is 0 Å². The zero-order valence-corrected chi connectivity index (χ0v) is 12.7. The van der Waals surface area contributed by atoms with Crippen LogP contribution in [-0.4, -0.2) is 70.5 Å². The third-order valence-electron chi connectivity index (χ3n) is 2.04. The summed E-state index contributed by atoms with van der Waals surface area (Å²) >= 11 is 0. The van der Waals surface area contributed by atoms with Crippen LogP contribution in [-0.2, 0) is 19.1 Å². The van der Waals surface area contributed by atoms with E-state index in [1.807, 2.05) is 6.92 Å². The van der Waals surface area contributed by atoms with Gasteiger partial charge < -0.3 is 29.9 Å². The van der Waals surface area contributed by atoms with Gasteiger partial charge in [-0.1, -0.05) is 6.92 Å². The molecule has 3 unspecified atom stereocenters. The summed E-state index contributed by atoms with van der Waals surface area (Å²) in [6.07, 6.45) is -1.65. The molecule has 0 saturated carbocycles. The maximum atomic E-state index is 10.4. The molecule has 0 aliphatic heterocycles. The minimum absolute atomic E-state index is 0.00667. The fourth-order valence-electron chi connectivity index (χ4n) is 0.992. The van der Waals surface area contributed by atoms with E-state index in [0.717, 1.165) is 0 Å². The Labute approximate surface area is 124 Å². The molecule has 0 aromatic carbocycles. The lowest BCUT2D eigenvalue weighted by molar-refractivity contribution is -0.156. The molecule has 8 nitrogen and oxygen atoms in total. The first-order valence-corrected chi connectivity index (χ1v) is 6.71. The highest BCUT2D eigenvalue weighted by molar-refractivity contribution is 5.79. The Morgan fingerprint density at radius 2 is 1.71 bits per heavy atom. The molecule has 3 atom stereocenters. The highest BCUT2D eigenvalue weighted by Gasteiger charge is 2.20. The monoisotopic (exact) mass is 310 g/mol. The summed E-state index contributed by atoms with van der Waals surface area (Å²) in [5.74, 6) is -2.40. The Balaban J connectivity index is 0. The first kappa shape index (κ1) is 22.1. The molecule has 0 saturated heterocycles. The average molecular weight is 310 g/mol. The lowest BCUT2D eigenvalue weighted by atomic mass is 10.2. The molecule has 0 fully saturated rings. The van der Waals surface area contributed by atoms with Crippen molar-refractivity contribution in [1.82, 2.24) is 0 Å². The van der Waals surface area contributed by atoms with E-state index >= 15 is 0 Å². The molecule has 0 bridgehead atoms. The molecule has 0 amide bonds. The largest absolute Gasteiger partial charge is 0.481 e. The van der Waals surface area contributed by atoms with E-state index in [2.05, 4.69) is 0 Å². The van der Waals surface area contributed by atoms with Gasteiger partial charge in [0.2, 0.25) is 0 Å². The maximum Gasteiger partial charge on any atom is 0.333 e. The van der Waals surface area contributed by atoms with E-state index < -0.39 is 30.6 Å². The molecular formula is C13H26O8. The predicted molar refractivity (Wildman–Crippen MR) is 74.1 cm³/mol. The van der Waals surface area contributed by atoms with Gasteiger partial charge in [0.25, 0.3) is 0 Å². The lowest BCUT2D eigenvalue weighted by Gasteiger charge is -2.10. The second-order valence-corrected chi connectivity index (χ2v) is 4.47. The molecule has 0 aromatic rings. The van der Waals surface area contributed by atoms with Gasteiger partial charge in [-0.05, 0) is 20.3 Å². The van der Waals surface area contributed by atoms with E-state index in [4.69, 9.17) is 29.9 Å². The molecule has 0 aliphatic rings. The van der Waals surface area contributed by atoms with Gasteiger partial charge in [-0.15, -0.1) is 0 Å². The molecule has 8 heteroatoms. The van der Waals surface area contributed by atoms with Gasteiger partial charge in [-0.3, -0.25) is 4.79 Å². The second kappa shape index (κ2) is 13.7. The van der Waals surface area contributed by atoms with Crippen molar-refractivity contribution in [2.24, 2.45) is 0 Å². The number of hydrogen-bond acceptors (Lipinski definition) is 6. The Bertz CT molecular complexity index is 279. The van der Waals surface area contributed by atoms with Crippen LogP contribution in [0, 0.1) is 0 Å². The molecule has 0 aliphatic carbocycles. The summed E-state index contributed by atoms with van der Waals surface area (Å²) in [6, 6.07) is 0. The summed E-state index contributed by atoms with van der Waals surface area (Å²) in [7, 11) is 0. The number of ether oxygens (including phenoxy) is 2. The number of carboxylic acid groups (broad SMARTS) is 2. The van der Waals surface area contributed by atoms with Crippen molar-refractivity contribution in [3.05, 3.63) is 0 Å². The second-order valence-electron chi connectivity index (χ2n) is 4.47. The number of aliphatic carboxylic acids is 2. The number of aliphatic hydroxyl groups excluding tert-OH is 2. The average Bonchev–Trinajstić information content (AvgIpc) is 2.40. The predicted octanol–water partition coefficient (Wildman–Crippen LogP) is 0.106. The van der Waals surface area contributed by atoms with Crippen molar-refractivity contribution in [2.45, 2.75) is 51.9 Å². The third kappa shape index (κ3) is 16.7. The first-order valence-electron chi connectivity index (χ1n) is 6.71. The van der Waals surface area contributed by atoms with E-state index in [1.54, 1.807) is 13.8 Å². The van der Waals surface area contributed by atoms with Crippen molar-refractivity contribution >= 4 is 11.9 Å². The van der Waals surface area contributed by atoms with Gasteiger partial charge in [-0.2, -0.15) is 0 Å². The van der Waals surface area contributed by atoms with Crippen molar-refractivity contribution in [3.63, 3.8) is 0 Å². The Morgan fingerprint density at radius 3 is 2.05 bits per heavy atom. The molecule has 0 aromatic heterocycles. The van der Waals surface area contributed by atoms with Crippen LogP contribution in [0.2, 0.25) is 0 Å². The fraction of sp³-hybridized carbons (Fsp3) is 0.846. The zero-order chi connectivity index (χ0) is 16.8. The van der Waals surface area contributed by atoms with Crippen LogP contribution in [0.3, 0.4) is 0 Å². The van der Waals surface area contributed by atoms with Crippen LogP contribution in [0.4, 0.5) is 0 Å². The summed E-state index contributed by atoms with van der Waals surface area (Å²) in [4.78, 5) is 20.5. The number of aliphatic hydroxyl groups is 2. The standard InChI is InChI=1S/C7H12O5.C6H14O3/c1-2-3-12-5(7(10)11)4-6(8)9;1-5(8)4-9-6(2)3-7/h5H,2-4H2,1H3,(H,8,9)(H,10,11);5-8H,3-4H2,1-2H3. The first-order chi connectivity index (χ1) is 9.74. The van der Waals surface area contributed by atoms with Gasteiger partial charge in [-0.25, -0.2) is 4.79 Å². The zero-order valence-electron chi connectivity index (χ0n) is 12.7. The molecule has 4 N–H and O–H groups in total. The number of carbonyl (C=O) groups is 2. The minimum Gasteiger partial charge on any atom is -0.481 e. The molecule has 0 rings (SSSR count). The normalized spacial score (nSPS) is 14.5. The van der Waals surface area contributed by atoms with Gasteiger partial charge in [0.1, 0.15) is 0 Å². The Kier molecular flexibility index (Phi) is 14.4. The Morgan fingerprint density at radius 1 is 1.14 bits per heavy atom. The Hall–Kier alpha value is -1.22. The van der Waals surface area contributed by atoms with Crippen molar-refractivity contribution < 1.29 is 39.5 Å². The van der Waals surface area contributed by atoms with E-state index in [-0.39, 0.29) is 19.3 Å². The number of hydrogen-bond donors (Lipinski definition) is 4. The van der Waals surface area contributed by atoms with Gasteiger partial charge >= 0.3 is 11.9 Å². The van der Waals surface area contributed by atoms with Crippen LogP contribution in [0.5, 0.6) is 0 Å². The quantitative estimate of drug-likeness (QED) is 0.446. The molecular weight excluding hydrogens is 284 g/mol. The van der Waals surface area contributed by atoms with Gasteiger partial charge in [0.15, 0.2) is 6.10 Å². The smallest absolute Gasteiger partial charge is 0.333 e. The maximum absolute atomic E-state index is 10.4. The molecule has 0 heterocycles. The number of rotatable bonds is 10. The van der Waals surface area contributed by atoms with Crippen LogP contribution < -0.4 is 0 Å². The van der Waals surface area contributed by atoms with Crippen molar-refractivity contribution in [2.75, 3.05) is 19.8 Å². The minimum atomic E-state index is -1.23. The van der Waals surface area contributed by atoms with E-state index in [0.29, 0.717) is 13.0 Å². The van der Waals surface area contributed by atoms with Crippen LogP contribution in [0.1, 0.15) is 33.6 Å². The molecule has 126 valence electrons. The van der Waals surface area contributed by atoms with Crippen molar-refractivity contribution in [1.29, 1.82) is 0 Å². The topological polar surface area (TPSA) is 134 Å². The summed E-state index contributed by atoms with van der Waals surface area (Å²) < 4.78 is 9.74. The molecule has 0 radical (unpaired) electrons. The number of carboxylic acids is 2. The highest BCUT2D eigenvalue weighted by Crippen LogP contribution is 1.99. The fourth-order valence-corrected chi connectivity index (χ4v) is 0.992. The van der Waals surface area contributed by atoms with Gasteiger partial charge in [0, 0.05) is 6.61 Å². The van der Waals surface area contributed by atoms with Crippen molar-refractivity contribution in [3.8, 4) is 0 Å². The summed E-state index contributed by atoms with van der Waals surface area (Å²) in [6.45, 7) is 5.78. The lowest BCUT2D eigenvalue weighted by Crippen LogP contribution is -2.27. The summed E-state index contributed by atoms with van der Waals surface area (Å²) in [5, 5.41) is 33.9. The summed E-state index contributed by atoms with van der Waals surface area (Å²) in [5.41, 5.74) is 0. The van der Waals surface area contributed by atoms with Gasteiger partial charge in [0.05, 0.1) is 31.8 Å². The molecule has 21 heavy (non-hydrogen) atoms. The van der Waals surface area contributed by atoms with E-state index in [1.165, 1.54) is 0 Å². The molecule has 0 spiro atoms. The van der Waals surface area contributed by atoms with Crippen LogP contribution >= 0.6 is 0 Å².